The maximum Gasteiger partial charge on any atom is 0.322 e. The van der Waals surface area contributed by atoms with E-state index in [9.17, 15) is 4.79 Å². The first-order valence-corrected chi connectivity index (χ1v) is 6.68. The summed E-state index contributed by atoms with van der Waals surface area (Å²) in [7, 11) is 0. The standard InChI is InChI=1S/C8H13ClO2S2/c1-5-6(2)13-8(4-12-5)11-7(10)3-9/h5-6,8H,3-4H2,1-2H3. The van der Waals surface area contributed by atoms with E-state index >= 15 is 0 Å². The summed E-state index contributed by atoms with van der Waals surface area (Å²) in [4.78, 5) is 10.9. The number of hydrogen-bond donors (Lipinski definition) is 0. The lowest BCUT2D eigenvalue weighted by atomic mass is 10.4. The number of thioether (sulfide) groups is 2. The second-order valence-corrected chi connectivity index (χ2v) is 6.15. The van der Waals surface area contributed by atoms with E-state index < -0.39 is 0 Å². The van der Waals surface area contributed by atoms with Crippen molar-refractivity contribution in [2.24, 2.45) is 0 Å². The van der Waals surface area contributed by atoms with Crippen molar-refractivity contribution in [2.75, 3.05) is 11.6 Å². The Kier molecular flexibility index (Phi) is 4.76. The minimum absolute atomic E-state index is 0.0116. The summed E-state index contributed by atoms with van der Waals surface area (Å²) in [6.07, 6.45) is 0. The van der Waals surface area contributed by atoms with Crippen LogP contribution in [0.15, 0.2) is 0 Å². The quantitative estimate of drug-likeness (QED) is 0.547. The molecule has 1 heterocycles. The lowest BCUT2D eigenvalue weighted by molar-refractivity contribution is -0.141. The first-order chi connectivity index (χ1) is 6.13. The van der Waals surface area contributed by atoms with Gasteiger partial charge in [0.1, 0.15) is 5.88 Å². The van der Waals surface area contributed by atoms with E-state index in [-0.39, 0.29) is 17.3 Å². The molecule has 3 atom stereocenters. The molecule has 1 aliphatic rings. The average molecular weight is 241 g/mol. The SMILES string of the molecule is CC1SCC(OC(=O)CCl)SC1C. The Morgan fingerprint density at radius 3 is 2.77 bits per heavy atom. The Hall–Kier alpha value is 0.460. The Morgan fingerprint density at radius 1 is 1.54 bits per heavy atom. The van der Waals surface area contributed by atoms with Crippen LogP contribution in [0.5, 0.6) is 0 Å². The van der Waals surface area contributed by atoms with Crippen molar-refractivity contribution in [3.05, 3.63) is 0 Å². The Labute approximate surface area is 92.1 Å². The van der Waals surface area contributed by atoms with Gasteiger partial charge in [0.05, 0.1) is 0 Å². The molecule has 0 aliphatic carbocycles. The minimum atomic E-state index is -0.318. The Morgan fingerprint density at radius 2 is 2.23 bits per heavy atom. The van der Waals surface area contributed by atoms with Crippen LogP contribution >= 0.6 is 35.1 Å². The first-order valence-electron chi connectivity index (χ1n) is 4.16. The van der Waals surface area contributed by atoms with Gasteiger partial charge in [0.15, 0.2) is 5.44 Å². The molecule has 76 valence electrons. The number of ether oxygens (including phenoxy) is 1. The topological polar surface area (TPSA) is 26.3 Å². The number of halogens is 1. The highest BCUT2D eigenvalue weighted by molar-refractivity contribution is 8.07. The van der Waals surface area contributed by atoms with Gasteiger partial charge in [0.25, 0.3) is 0 Å². The zero-order chi connectivity index (χ0) is 9.84. The van der Waals surface area contributed by atoms with Gasteiger partial charge >= 0.3 is 5.97 Å². The van der Waals surface area contributed by atoms with E-state index in [1.54, 1.807) is 11.8 Å². The second kappa shape index (κ2) is 5.37. The molecule has 0 aromatic carbocycles. The molecule has 5 heteroatoms. The number of esters is 1. The number of carbonyl (C=O) groups excluding carboxylic acids is 1. The van der Waals surface area contributed by atoms with Gasteiger partial charge in [-0.1, -0.05) is 13.8 Å². The molecule has 3 unspecified atom stereocenters. The van der Waals surface area contributed by atoms with E-state index in [1.165, 1.54) is 0 Å². The van der Waals surface area contributed by atoms with E-state index in [2.05, 4.69) is 13.8 Å². The third kappa shape index (κ3) is 3.60. The maximum absolute atomic E-state index is 10.9. The van der Waals surface area contributed by atoms with Gasteiger partial charge in [-0.2, -0.15) is 11.8 Å². The molecular formula is C8H13ClO2S2. The van der Waals surface area contributed by atoms with Crippen LogP contribution in [0, 0.1) is 0 Å². The number of hydrogen-bond acceptors (Lipinski definition) is 4. The zero-order valence-corrected chi connectivity index (χ0v) is 10.0. The van der Waals surface area contributed by atoms with E-state index in [4.69, 9.17) is 16.3 Å². The van der Waals surface area contributed by atoms with Gasteiger partial charge in [-0.15, -0.1) is 23.4 Å². The summed E-state index contributed by atoms with van der Waals surface area (Å²) >= 11 is 8.91. The van der Waals surface area contributed by atoms with Crippen LogP contribution in [-0.4, -0.2) is 33.5 Å². The van der Waals surface area contributed by atoms with Gasteiger partial charge in [-0.05, 0) is 0 Å². The molecule has 0 aromatic rings. The van der Waals surface area contributed by atoms with Crippen LogP contribution in [0.25, 0.3) is 0 Å². The van der Waals surface area contributed by atoms with Crippen LogP contribution in [0.3, 0.4) is 0 Å². The summed E-state index contributed by atoms with van der Waals surface area (Å²) in [5.41, 5.74) is -0.0116. The summed E-state index contributed by atoms with van der Waals surface area (Å²) in [6.45, 7) is 4.35. The average Bonchev–Trinajstić information content (AvgIpc) is 2.11. The van der Waals surface area contributed by atoms with Crippen LogP contribution in [0.1, 0.15) is 13.8 Å². The molecular weight excluding hydrogens is 228 g/mol. The maximum atomic E-state index is 10.9. The summed E-state index contributed by atoms with van der Waals surface area (Å²) in [5, 5.41) is 1.17. The predicted octanol–water partition coefficient (Wildman–Crippen LogP) is 2.35. The fraction of sp³-hybridized carbons (Fsp3) is 0.875. The van der Waals surface area contributed by atoms with E-state index in [0.29, 0.717) is 10.5 Å². The normalized spacial score (nSPS) is 34.2. The number of rotatable bonds is 2. The third-order valence-electron chi connectivity index (χ3n) is 1.89. The number of carbonyl (C=O) groups is 1. The molecule has 0 bridgehead atoms. The van der Waals surface area contributed by atoms with Gasteiger partial charge in [-0.25, -0.2) is 0 Å². The summed E-state index contributed by atoms with van der Waals surface area (Å²) < 4.78 is 5.13. The molecule has 0 spiro atoms. The lowest BCUT2D eigenvalue weighted by Gasteiger charge is -2.30. The number of alkyl halides is 1. The monoisotopic (exact) mass is 240 g/mol. The lowest BCUT2D eigenvalue weighted by Crippen LogP contribution is -2.29. The van der Waals surface area contributed by atoms with E-state index in [1.807, 2.05) is 11.8 Å². The highest BCUT2D eigenvalue weighted by Gasteiger charge is 2.27. The van der Waals surface area contributed by atoms with E-state index in [0.717, 1.165) is 5.75 Å². The minimum Gasteiger partial charge on any atom is -0.449 e. The fourth-order valence-corrected chi connectivity index (χ4v) is 3.70. The van der Waals surface area contributed by atoms with Crippen LogP contribution < -0.4 is 0 Å². The van der Waals surface area contributed by atoms with Crippen molar-refractivity contribution in [1.29, 1.82) is 0 Å². The Balaban J connectivity index is 2.33. The van der Waals surface area contributed by atoms with Crippen molar-refractivity contribution in [3.8, 4) is 0 Å². The van der Waals surface area contributed by atoms with Crippen LogP contribution in [-0.2, 0) is 9.53 Å². The second-order valence-electron chi connectivity index (χ2n) is 2.93. The molecule has 13 heavy (non-hydrogen) atoms. The van der Waals surface area contributed by atoms with Gasteiger partial charge in [0.2, 0.25) is 0 Å². The largest absolute Gasteiger partial charge is 0.449 e. The van der Waals surface area contributed by atoms with Crippen LogP contribution in [0.2, 0.25) is 0 Å². The molecule has 0 saturated carbocycles. The highest BCUT2D eigenvalue weighted by Crippen LogP contribution is 2.36. The highest BCUT2D eigenvalue weighted by atomic mass is 35.5. The fourth-order valence-electron chi connectivity index (χ4n) is 0.995. The molecule has 0 aromatic heterocycles. The molecule has 0 amide bonds. The van der Waals surface area contributed by atoms with Crippen molar-refractivity contribution in [1.82, 2.24) is 0 Å². The molecule has 2 nitrogen and oxygen atoms in total. The first kappa shape index (κ1) is 11.5. The van der Waals surface area contributed by atoms with Crippen molar-refractivity contribution in [2.45, 2.75) is 29.8 Å². The molecule has 1 saturated heterocycles. The van der Waals surface area contributed by atoms with Crippen molar-refractivity contribution in [3.63, 3.8) is 0 Å². The molecule has 1 fully saturated rings. The van der Waals surface area contributed by atoms with Crippen molar-refractivity contribution >= 4 is 41.1 Å². The molecule has 1 aliphatic heterocycles. The van der Waals surface area contributed by atoms with Crippen LogP contribution in [0.4, 0.5) is 0 Å². The summed E-state index contributed by atoms with van der Waals surface area (Å²) in [5.74, 6) is 0.506. The zero-order valence-electron chi connectivity index (χ0n) is 7.66. The van der Waals surface area contributed by atoms with Gasteiger partial charge < -0.3 is 4.74 Å². The predicted molar refractivity (Wildman–Crippen MR) is 59.6 cm³/mol. The molecule has 0 N–H and O–H groups in total. The van der Waals surface area contributed by atoms with Gasteiger partial charge in [-0.3, -0.25) is 4.79 Å². The molecule has 1 rings (SSSR count). The van der Waals surface area contributed by atoms with Gasteiger partial charge in [0, 0.05) is 16.3 Å². The third-order valence-corrected chi connectivity index (χ3v) is 5.33. The van der Waals surface area contributed by atoms with Crippen molar-refractivity contribution < 1.29 is 9.53 Å². The smallest absolute Gasteiger partial charge is 0.322 e. The summed E-state index contributed by atoms with van der Waals surface area (Å²) in [6, 6.07) is 0. The Bertz CT molecular complexity index is 189. The molecule has 0 radical (unpaired) electrons.